The molecule has 0 saturated carbocycles. The lowest BCUT2D eigenvalue weighted by atomic mass is 10.1. The van der Waals surface area contributed by atoms with Crippen molar-refractivity contribution in [1.29, 1.82) is 0 Å². The molecular formula is C12H15NO6S2. The minimum absolute atomic E-state index is 0.0350. The van der Waals surface area contributed by atoms with Gasteiger partial charge in [-0.15, -0.1) is 11.3 Å². The topological polar surface area (TPSA) is 101 Å². The van der Waals surface area contributed by atoms with Crippen LogP contribution in [0.15, 0.2) is 16.3 Å². The SMILES string of the molecule is COC(=O)c1sccc1S(=O)(=O)N1CCCC[C@@H]1C(=O)O. The van der Waals surface area contributed by atoms with E-state index in [9.17, 15) is 23.1 Å². The van der Waals surface area contributed by atoms with Crippen LogP contribution in [-0.2, 0) is 19.6 Å². The quantitative estimate of drug-likeness (QED) is 0.830. The zero-order valence-electron chi connectivity index (χ0n) is 11.3. The monoisotopic (exact) mass is 333 g/mol. The Labute approximate surface area is 126 Å². The molecule has 0 bridgehead atoms. The minimum atomic E-state index is -4.04. The fourth-order valence-electron chi connectivity index (χ4n) is 2.31. The van der Waals surface area contributed by atoms with Crippen LogP contribution in [0.4, 0.5) is 0 Å². The first-order valence-corrected chi connectivity index (χ1v) is 8.62. The normalized spacial score (nSPS) is 20.1. The molecule has 0 spiro atoms. The van der Waals surface area contributed by atoms with Gasteiger partial charge in [0.2, 0.25) is 10.0 Å². The Morgan fingerprint density at radius 1 is 1.43 bits per heavy atom. The fraction of sp³-hybridized carbons (Fsp3) is 0.500. The number of carbonyl (C=O) groups is 2. The van der Waals surface area contributed by atoms with Gasteiger partial charge < -0.3 is 9.84 Å². The van der Waals surface area contributed by atoms with Crippen LogP contribution in [0.5, 0.6) is 0 Å². The summed E-state index contributed by atoms with van der Waals surface area (Å²) in [5, 5.41) is 10.7. The average molecular weight is 333 g/mol. The van der Waals surface area contributed by atoms with Crippen LogP contribution in [0.25, 0.3) is 0 Å². The zero-order chi connectivity index (χ0) is 15.6. The molecule has 9 heteroatoms. The number of hydrogen-bond donors (Lipinski definition) is 1. The van der Waals surface area contributed by atoms with Gasteiger partial charge in [-0.2, -0.15) is 4.31 Å². The van der Waals surface area contributed by atoms with Gasteiger partial charge in [0, 0.05) is 6.54 Å². The maximum atomic E-state index is 12.7. The second kappa shape index (κ2) is 6.12. The molecule has 116 valence electrons. The maximum Gasteiger partial charge on any atom is 0.349 e. The summed E-state index contributed by atoms with van der Waals surface area (Å²) < 4.78 is 30.9. The number of nitrogens with zero attached hydrogens (tertiary/aromatic N) is 1. The highest BCUT2D eigenvalue weighted by Gasteiger charge is 2.39. The predicted octanol–water partition coefficient (Wildman–Crippen LogP) is 1.16. The molecule has 2 heterocycles. The van der Waals surface area contributed by atoms with Crippen LogP contribution < -0.4 is 0 Å². The van der Waals surface area contributed by atoms with Gasteiger partial charge >= 0.3 is 11.9 Å². The van der Waals surface area contributed by atoms with Gasteiger partial charge in [-0.3, -0.25) is 4.79 Å². The van der Waals surface area contributed by atoms with E-state index in [1.165, 1.54) is 18.6 Å². The highest BCUT2D eigenvalue weighted by Crippen LogP contribution is 2.30. The molecule has 1 atom stereocenters. The zero-order valence-corrected chi connectivity index (χ0v) is 12.9. The van der Waals surface area contributed by atoms with E-state index in [4.69, 9.17) is 0 Å². The van der Waals surface area contributed by atoms with Crippen molar-refractivity contribution in [2.24, 2.45) is 0 Å². The first-order valence-electron chi connectivity index (χ1n) is 6.30. The molecule has 1 aliphatic rings. The summed E-state index contributed by atoms with van der Waals surface area (Å²) >= 11 is 0.955. The van der Waals surface area contributed by atoms with Crippen LogP contribution in [0.1, 0.15) is 28.9 Å². The van der Waals surface area contributed by atoms with Gasteiger partial charge in [-0.25, -0.2) is 13.2 Å². The second-order valence-corrected chi connectivity index (χ2v) is 7.35. The minimum Gasteiger partial charge on any atom is -0.480 e. The van der Waals surface area contributed by atoms with E-state index in [1.54, 1.807) is 0 Å². The van der Waals surface area contributed by atoms with E-state index < -0.39 is 28.0 Å². The molecule has 0 aliphatic carbocycles. The number of esters is 1. The van der Waals surface area contributed by atoms with Crippen molar-refractivity contribution in [1.82, 2.24) is 4.31 Å². The lowest BCUT2D eigenvalue weighted by Crippen LogP contribution is -2.48. The lowest BCUT2D eigenvalue weighted by molar-refractivity contribution is -0.142. The highest BCUT2D eigenvalue weighted by molar-refractivity contribution is 7.89. The number of aliphatic carboxylic acids is 1. The largest absolute Gasteiger partial charge is 0.480 e. The Kier molecular flexibility index (Phi) is 4.64. The smallest absolute Gasteiger partial charge is 0.349 e. The summed E-state index contributed by atoms with van der Waals surface area (Å²) in [6.07, 6.45) is 1.53. The van der Waals surface area contributed by atoms with E-state index in [0.717, 1.165) is 15.6 Å². The number of ether oxygens (including phenoxy) is 1. The van der Waals surface area contributed by atoms with Gasteiger partial charge in [0.15, 0.2) is 0 Å². The van der Waals surface area contributed by atoms with Crippen LogP contribution in [0.3, 0.4) is 0 Å². The Balaban J connectivity index is 2.44. The Hall–Kier alpha value is -1.45. The van der Waals surface area contributed by atoms with E-state index in [-0.39, 0.29) is 22.7 Å². The molecule has 0 unspecified atom stereocenters. The van der Waals surface area contributed by atoms with Crippen molar-refractivity contribution in [3.05, 3.63) is 16.3 Å². The Morgan fingerprint density at radius 3 is 2.76 bits per heavy atom. The number of sulfonamides is 1. The number of carboxylic acid groups (broad SMARTS) is 1. The maximum absolute atomic E-state index is 12.7. The molecule has 0 radical (unpaired) electrons. The third-order valence-electron chi connectivity index (χ3n) is 3.33. The first-order chi connectivity index (χ1) is 9.89. The van der Waals surface area contributed by atoms with Crippen molar-refractivity contribution in [2.45, 2.75) is 30.2 Å². The molecule has 1 aromatic heterocycles. The standard InChI is InChI=1S/C12H15NO6S2/c1-19-12(16)10-9(5-7-20-10)21(17,18)13-6-3-2-4-8(13)11(14)15/h5,7-8H,2-4,6H2,1H3,(H,14,15)/t8-/m1/s1. The van der Waals surface area contributed by atoms with E-state index in [2.05, 4.69) is 4.74 Å². The molecule has 0 amide bonds. The van der Waals surface area contributed by atoms with Crippen molar-refractivity contribution >= 4 is 33.3 Å². The highest BCUT2D eigenvalue weighted by atomic mass is 32.2. The molecule has 21 heavy (non-hydrogen) atoms. The summed E-state index contributed by atoms with van der Waals surface area (Å²) in [5.41, 5.74) is 0. The summed E-state index contributed by atoms with van der Waals surface area (Å²) in [6, 6.07) is 0.217. The van der Waals surface area contributed by atoms with Crippen LogP contribution in [0.2, 0.25) is 0 Å². The van der Waals surface area contributed by atoms with Gasteiger partial charge in [-0.1, -0.05) is 0 Å². The molecule has 1 aliphatic heterocycles. The molecule has 1 N–H and O–H groups in total. The van der Waals surface area contributed by atoms with Crippen LogP contribution in [0, 0.1) is 0 Å². The number of carbonyl (C=O) groups excluding carboxylic acids is 1. The van der Waals surface area contributed by atoms with Gasteiger partial charge in [0.25, 0.3) is 0 Å². The third kappa shape index (κ3) is 2.94. The van der Waals surface area contributed by atoms with Gasteiger partial charge in [-0.05, 0) is 30.7 Å². The fourth-order valence-corrected chi connectivity index (χ4v) is 5.27. The molecule has 1 fully saturated rings. The van der Waals surface area contributed by atoms with Crippen LogP contribution in [-0.4, -0.2) is 49.5 Å². The van der Waals surface area contributed by atoms with E-state index >= 15 is 0 Å². The van der Waals surface area contributed by atoms with Crippen molar-refractivity contribution in [3.8, 4) is 0 Å². The number of rotatable bonds is 4. The molecule has 7 nitrogen and oxygen atoms in total. The summed E-state index contributed by atoms with van der Waals surface area (Å²) in [5.74, 6) is -1.92. The van der Waals surface area contributed by atoms with Crippen molar-refractivity contribution in [3.63, 3.8) is 0 Å². The summed E-state index contributed by atoms with van der Waals surface area (Å²) in [4.78, 5) is 22.7. The Bertz CT molecular complexity index is 650. The Morgan fingerprint density at radius 2 is 2.14 bits per heavy atom. The third-order valence-corrected chi connectivity index (χ3v) is 6.30. The second-order valence-electron chi connectivity index (χ2n) is 4.57. The van der Waals surface area contributed by atoms with Crippen molar-refractivity contribution in [2.75, 3.05) is 13.7 Å². The number of thiophene rings is 1. The lowest BCUT2D eigenvalue weighted by Gasteiger charge is -2.31. The summed E-state index contributed by atoms with van der Waals surface area (Å²) in [6.45, 7) is 0.135. The van der Waals surface area contributed by atoms with E-state index in [1.807, 2.05) is 0 Å². The van der Waals surface area contributed by atoms with Gasteiger partial charge in [0.1, 0.15) is 15.8 Å². The number of carboxylic acids is 1. The molecule has 1 saturated heterocycles. The number of hydrogen-bond acceptors (Lipinski definition) is 6. The predicted molar refractivity (Wildman–Crippen MR) is 74.8 cm³/mol. The van der Waals surface area contributed by atoms with Crippen molar-refractivity contribution < 1.29 is 27.9 Å². The average Bonchev–Trinajstić information content (AvgIpc) is 2.96. The first kappa shape index (κ1) is 15.9. The molecule has 2 rings (SSSR count). The summed E-state index contributed by atoms with van der Waals surface area (Å²) in [7, 11) is -2.87. The molecule has 0 aromatic carbocycles. The molecule has 1 aromatic rings. The number of methoxy groups -OCH3 is 1. The van der Waals surface area contributed by atoms with Gasteiger partial charge in [0.05, 0.1) is 7.11 Å². The molecular weight excluding hydrogens is 318 g/mol. The van der Waals surface area contributed by atoms with E-state index in [0.29, 0.717) is 12.8 Å². The van der Waals surface area contributed by atoms with Crippen LogP contribution >= 0.6 is 11.3 Å². The number of piperidine rings is 1.